The summed E-state index contributed by atoms with van der Waals surface area (Å²) in [6.07, 6.45) is 0. The van der Waals surface area contributed by atoms with Crippen molar-refractivity contribution in [1.82, 2.24) is 0 Å². The van der Waals surface area contributed by atoms with Crippen LogP contribution in [0.15, 0.2) is 54.6 Å². The summed E-state index contributed by atoms with van der Waals surface area (Å²) in [4.78, 5) is 13.9. The Bertz CT molecular complexity index is 1200. The highest BCUT2D eigenvalue weighted by Crippen LogP contribution is 2.43. The summed E-state index contributed by atoms with van der Waals surface area (Å²) in [7, 11) is 0. The number of carbonyl (C=O) groups is 1. The first-order valence-electron chi connectivity index (χ1n) is 10.3. The molecule has 1 aliphatic rings. The minimum Gasteiger partial charge on any atom is -0.508 e. The minimum atomic E-state index is -0.344. The molecule has 5 heteroatoms. The zero-order valence-corrected chi connectivity index (χ0v) is 19.7. The average molecular weight is 455 g/mol. The summed E-state index contributed by atoms with van der Waals surface area (Å²) in [5, 5.41) is 11.2. The van der Waals surface area contributed by atoms with E-state index in [1.54, 1.807) is 12.1 Å². The Morgan fingerprint density at radius 1 is 1.00 bits per heavy atom. The fourth-order valence-corrected chi connectivity index (χ4v) is 4.86. The lowest BCUT2D eigenvalue weighted by molar-refractivity contribution is -0.917. The smallest absolute Gasteiger partial charge is 0.347 e. The second-order valence-electron chi connectivity index (χ2n) is 9.29. The van der Waals surface area contributed by atoms with Crippen molar-refractivity contribution in [2.45, 2.75) is 46.3 Å². The molecule has 0 aromatic heterocycles. The Labute approximate surface area is 193 Å². The third-order valence-electron chi connectivity index (χ3n) is 6.54. The number of phenols is 1. The highest BCUT2D eigenvalue weighted by atomic mass is 35.5. The van der Waals surface area contributed by atoms with Crippen molar-refractivity contribution in [3.05, 3.63) is 86.9 Å². The topological polar surface area (TPSA) is 37.3 Å². The van der Waals surface area contributed by atoms with Crippen LogP contribution in [-0.2, 0) is 13.1 Å². The number of hydrogen-bond donors (Lipinski definition) is 1. The maximum Gasteiger partial charge on any atom is 0.347 e. The third kappa shape index (κ3) is 3.55. The van der Waals surface area contributed by atoms with Gasteiger partial charge in [0, 0.05) is 16.7 Å². The van der Waals surface area contributed by atoms with E-state index >= 15 is 0 Å². The fraction of sp³-hybridized carbons (Fsp3) is 0.269. The van der Waals surface area contributed by atoms with E-state index in [-0.39, 0.29) is 21.7 Å². The number of fused-ring (bicyclic) bond motifs is 1. The van der Waals surface area contributed by atoms with Crippen LogP contribution in [0, 0.1) is 6.92 Å². The molecule has 0 bridgehead atoms. The molecule has 0 saturated heterocycles. The van der Waals surface area contributed by atoms with Crippen molar-refractivity contribution in [2.24, 2.45) is 0 Å². The standard InChI is InChI=1S/C26H25Cl2NO2/c1-16-23(30)12-10-19-15-29(26(2,3)4,25(31)24(16)19)14-18-7-5-6-8-20(18)17-9-11-21(27)22(28)13-17/h5-13H,14-15H2,1-4H3/p+1. The van der Waals surface area contributed by atoms with Crippen molar-refractivity contribution >= 4 is 29.1 Å². The summed E-state index contributed by atoms with van der Waals surface area (Å²) in [6.45, 7) is 9.26. The predicted octanol–water partition coefficient (Wildman–Crippen LogP) is 7.14. The Morgan fingerprint density at radius 3 is 2.39 bits per heavy atom. The summed E-state index contributed by atoms with van der Waals surface area (Å²) in [6, 6.07) is 17.3. The molecule has 1 amide bonds. The van der Waals surface area contributed by atoms with Gasteiger partial charge in [-0.2, -0.15) is 0 Å². The molecule has 0 saturated carbocycles. The highest BCUT2D eigenvalue weighted by Gasteiger charge is 2.54. The number of halogens is 2. The molecule has 0 aliphatic carbocycles. The van der Waals surface area contributed by atoms with E-state index in [9.17, 15) is 9.90 Å². The number of hydrogen-bond acceptors (Lipinski definition) is 2. The van der Waals surface area contributed by atoms with E-state index < -0.39 is 0 Å². The molecule has 3 aromatic rings. The maximum atomic E-state index is 13.9. The van der Waals surface area contributed by atoms with Crippen molar-refractivity contribution in [3.8, 4) is 16.9 Å². The molecule has 1 N–H and O–H groups in total. The Hall–Kier alpha value is -2.33. The molecular formula is C26H26Cl2NO2+. The van der Waals surface area contributed by atoms with Gasteiger partial charge >= 0.3 is 5.91 Å². The van der Waals surface area contributed by atoms with Gasteiger partial charge in [0.25, 0.3) is 0 Å². The van der Waals surface area contributed by atoms with E-state index in [2.05, 4.69) is 32.9 Å². The van der Waals surface area contributed by atoms with Crippen molar-refractivity contribution in [1.29, 1.82) is 0 Å². The second-order valence-corrected chi connectivity index (χ2v) is 10.1. The van der Waals surface area contributed by atoms with Gasteiger partial charge in [-0.05, 0) is 63.1 Å². The first-order chi connectivity index (χ1) is 14.5. The van der Waals surface area contributed by atoms with Crippen molar-refractivity contribution in [2.75, 3.05) is 0 Å². The van der Waals surface area contributed by atoms with Gasteiger partial charge in [0.05, 0.1) is 21.1 Å². The molecule has 160 valence electrons. The number of quaternary nitrogens is 1. The van der Waals surface area contributed by atoms with E-state index in [4.69, 9.17) is 23.2 Å². The molecule has 31 heavy (non-hydrogen) atoms. The largest absolute Gasteiger partial charge is 0.508 e. The first-order valence-corrected chi connectivity index (χ1v) is 11.1. The van der Waals surface area contributed by atoms with Gasteiger partial charge in [-0.1, -0.05) is 53.5 Å². The van der Waals surface area contributed by atoms with Gasteiger partial charge in [0.1, 0.15) is 18.8 Å². The molecule has 0 fully saturated rings. The Balaban J connectivity index is 1.85. The van der Waals surface area contributed by atoms with Gasteiger partial charge in [0.2, 0.25) is 0 Å². The molecule has 0 radical (unpaired) electrons. The Morgan fingerprint density at radius 2 is 1.71 bits per heavy atom. The lowest BCUT2D eigenvalue weighted by atomic mass is 9.95. The molecule has 1 heterocycles. The van der Waals surface area contributed by atoms with Crippen LogP contribution in [0.4, 0.5) is 0 Å². The lowest BCUT2D eigenvalue weighted by Crippen LogP contribution is -2.59. The molecular weight excluding hydrogens is 429 g/mol. The SMILES string of the molecule is Cc1c(O)ccc2c1C(=O)[N+](Cc1ccccc1-c1ccc(Cl)c(Cl)c1)(C(C)(C)C)C2. The fourth-order valence-electron chi connectivity index (χ4n) is 4.56. The highest BCUT2D eigenvalue weighted by molar-refractivity contribution is 6.42. The van der Waals surface area contributed by atoms with Crippen LogP contribution in [0.2, 0.25) is 10.0 Å². The van der Waals surface area contributed by atoms with Crippen LogP contribution in [0.25, 0.3) is 11.1 Å². The predicted molar refractivity (Wildman–Crippen MR) is 126 cm³/mol. The normalized spacial score (nSPS) is 18.3. The molecule has 1 atom stereocenters. The van der Waals surface area contributed by atoms with E-state index in [1.165, 1.54) is 0 Å². The monoisotopic (exact) mass is 454 g/mol. The lowest BCUT2D eigenvalue weighted by Gasteiger charge is -2.43. The van der Waals surface area contributed by atoms with Crippen molar-refractivity contribution < 1.29 is 14.4 Å². The third-order valence-corrected chi connectivity index (χ3v) is 7.28. The second kappa shape index (κ2) is 7.67. The molecule has 1 aliphatic heterocycles. The number of benzene rings is 3. The molecule has 3 nitrogen and oxygen atoms in total. The van der Waals surface area contributed by atoms with Gasteiger partial charge < -0.3 is 5.11 Å². The summed E-state index contributed by atoms with van der Waals surface area (Å²) in [5.41, 5.74) is 5.02. The minimum absolute atomic E-state index is 0.0554. The molecule has 3 aromatic carbocycles. The van der Waals surface area contributed by atoms with Crippen LogP contribution in [0.1, 0.15) is 47.8 Å². The zero-order valence-electron chi connectivity index (χ0n) is 18.2. The number of nitrogens with zero attached hydrogens (tertiary/aromatic N) is 1. The number of aromatic hydroxyl groups is 1. The van der Waals surface area contributed by atoms with Gasteiger partial charge in [-0.3, -0.25) is 0 Å². The maximum absolute atomic E-state index is 13.9. The summed E-state index contributed by atoms with van der Waals surface area (Å²) in [5.74, 6) is 0.219. The number of phenolic OH excluding ortho intramolecular Hbond substituents is 1. The number of amides is 1. The number of carbonyl (C=O) groups excluding carboxylic acids is 1. The van der Waals surface area contributed by atoms with Gasteiger partial charge in [0.15, 0.2) is 0 Å². The van der Waals surface area contributed by atoms with E-state index in [0.29, 0.717) is 34.3 Å². The summed E-state index contributed by atoms with van der Waals surface area (Å²) >= 11 is 12.4. The zero-order chi connectivity index (χ0) is 22.6. The van der Waals surface area contributed by atoms with Gasteiger partial charge in [-0.15, -0.1) is 0 Å². The first kappa shape index (κ1) is 21.9. The number of rotatable bonds is 3. The summed E-state index contributed by atoms with van der Waals surface area (Å²) < 4.78 is 0.255. The van der Waals surface area contributed by atoms with E-state index in [0.717, 1.165) is 22.3 Å². The van der Waals surface area contributed by atoms with Crippen LogP contribution >= 0.6 is 23.2 Å². The van der Waals surface area contributed by atoms with Crippen LogP contribution in [0.3, 0.4) is 0 Å². The van der Waals surface area contributed by atoms with Crippen LogP contribution < -0.4 is 0 Å². The van der Waals surface area contributed by atoms with Gasteiger partial charge in [-0.25, -0.2) is 9.28 Å². The van der Waals surface area contributed by atoms with Crippen LogP contribution in [-0.4, -0.2) is 21.0 Å². The molecule has 1 unspecified atom stereocenters. The van der Waals surface area contributed by atoms with E-state index in [1.807, 2.05) is 37.3 Å². The average Bonchev–Trinajstić information content (AvgIpc) is 3.01. The Kier molecular flexibility index (Phi) is 5.41. The quantitative estimate of drug-likeness (QED) is 0.426. The van der Waals surface area contributed by atoms with Crippen molar-refractivity contribution in [3.63, 3.8) is 0 Å². The van der Waals surface area contributed by atoms with Crippen LogP contribution in [0.5, 0.6) is 5.75 Å². The molecule has 0 spiro atoms. The molecule has 4 rings (SSSR count).